The van der Waals surface area contributed by atoms with Gasteiger partial charge in [-0.2, -0.15) is 4.98 Å². The Morgan fingerprint density at radius 2 is 2.32 bits per heavy atom. The standard InChI is InChI=1S/C13H19N3O2S/c1-2-16(8-9-17)7-3-6-12-14-13(15-18-12)11-5-4-10-19-11/h4-5,10,17H,2-3,6-9H2,1H3. The second kappa shape index (κ2) is 7.37. The van der Waals surface area contributed by atoms with Crippen molar-refractivity contribution >= 4 is 11.3 Å². The minimum Gasteiger partial charge on any atom is -0.395 e. The zero-order valence-electron chi connectivity index (χ0n) is 11.1. The minimum absolute atomic E-state index is 0.205. The molecule has 0 unspecified atom stereocenters. The topological polar surface area (TPSA) is 62.4 Å². The molecule has 2 heterocycles. The Balaban J connectivity index is 1.80. The van der Waals surface area contributed by atoms with Crippen molar-refractivity contribution in [3.63, 3.8) is 0 Å². The molecule has 0 fully saturated rings. The molecule has 0 amide bonds. The summed E-state index contributed by atoms with van der Waals surface area (Å²) in [7, 11) is 0. The predicted octanol–water partition coefficient (Wildman–Crippen LogP) is 2.04. The van der Waals surface area contributed by atoms with Crippen molar-refractivity contribution in [2.75, 3.05) is 26.2 Å². The van der Waals surface area contributed by atoms with Crippen LogP contribution in [0.4, 0.5) is 0 Å². The molecule has 0 saturated heterocycles. The molecule has 0 bridgehead atoms. The molecule has 2 aromatic rings. The van der Waals surface area contributed by atoms with Gasteiger partial charge < -0.3 is 14.5 Å². The number of rotatable bonds is 8. The fourth-order valence-corrected chi connectivity index (χ4v) is 2.53. The van der Waals surface area contributed by atoms with E-state index in [1.54, 1.807) is 11.3 Å². The van der Waals surface area contributed by atoms with Crippen molar-refractivity contribution in [3.8, 4) is 10.7 Å². The smallest absolute Gasteiger partial charge is 0.227 e. The van der Waals surface area contributed by atoms with Gasteiger partial charge in [0.25, 0.3) is 0 Å². The van der Waals surface area contributed by atoms with Crippen LogP contribution in [0, 0.1) is 0 Å². The first kappa shape index (κ1) is 14.2. The van der Waals surface area contributed by atoms with Crippen LogP contribution in [0.1, 0.15) is 19.2 Å². The maximum Gasteiger partial charge on any atom is 0.227 e. The van der Waals surface area contributed by atoms with Crippen LogP contribution in [0.25, 0.3) is 10.7 Å². The second-order valence-electron chi connectivity index (χ2n) is 4.25. The molecular formula is C13H19N3O2S. The largest absolute Gasteiger partial charge is 0.395 e. The third-order valence-corrected chi connectivity index (χ3v) is 3.80. The Morgan fingerprint density at radius 3 is 3.00 bits per heavy atom. The van der Waals surface area contributed by atoms with Gasteiger partial charge in [-0.15, -0.1) is 11.3 Å². The van der Waals surface area contributed by atoms with Gasteiger partial charge in [0.2, 0.25) is 11.7 Å². The zero-order valence-corrected chi connectivity index (χ0v) is 11.9. The summed E-state index contributed by atoms with van der Waals surface area (Å²) < 4.78 is 5.24. The Hall–Kier alpha value is -1.24. The lowest BCUT2D eigenvalue weighted by Crippen LogP contribution is -2.27. The molecule has 0 aliphatic rings. The number of hydrogen-bond acceptors (Lipinski definition) is 6. The lowest BCUT2D eigenvalue weighted by atomic mass is 10.3. The molecule has 19 heavy (non-hydrogen) atoms. The highest BCUT2D eigenvalue weighted by Gasteiger charge is 2.09. The van der Waals surface area contributed by atoms with E-state index in [4.69, 9.17) is 9.63 Å². The maximum absolute atomic E-state index is 8.91. The summed E-state index contributed by atoms with van der Waals surface area (Å²) >= 11 is 1.61. The molecule has 2 aromatic heterocycles. The van der Waals surface area contributed by atoms with Crippen LogP contribution in [-0.4, -0.2) is 46.4 Å². The number of nitrogens with zero attached hydrogens (tertiary/aromatic N) is 3. The van der Waals surface area contributed by atoms with E-state index in [1.807, 2.05) is 17.5 Å². The average Bonchev–Trinajstić information content (AvgIpc) is 3.08. The van der Waals surface area contributed by atoms with Crippen LogP contribution in [0.2, 0.25) is 0 Å². The van der Waals surface area contributed by atoms with Crippen molar-refractivity contribution in [1.29, 1.82) is 0 Å². The van der Waals surface area contributed by atoms with E-state index in [-0.39, 0.29) is 6.61 Å². The summed E-state index contributed by atoms with van der Waals surface area (Å²) in [6.45, 7) is 4.91. The summed E-state index contributed by atoms with van der Waals surface area (Å²) in [5.41, 5.74) is 0. The molecule has 104 valence electrons. The average molecular weight is 281 g/mol. The molecule has 0 saturated carbocycles. The monoisotopic (exact) mass is 281 g/mol. The minimum atomic E-state index is 0.205. The molecule has 5 nitrogen and oxygen atoms in total. The van der Waals surface area contributed by atoms with Crippen molar-refractivity contribution in [1.82, 2.24) is 15.0 Å². The van der Waals surface area contributed by atoms with Gasteiger partial charge in [-0.25, -0.2) is 0 Å². The fourth-order valence-electron chi connectivity index (χ4n) is 1.89. The van der Waals surface area contributed by atoms with E-state index in [0.29, 0.717) is 11.7 Å². The van der Waals surface area contributed by atoms with E-state index in [0.717, 1.165) is 37.4 Å². The second-order valence-corrected chi connectivity index (χ2v) is 5.20. The molecule has 2 rings (SSSR count). The van der Waals surface area contributed by atoms with Crippen LogP contribution in [0.3, 0.4) is 0 Å². The van der Waals surface area contributed by atoms with Gasteiger partial charge in [-0.05, 0) is 31.0 Å². The Labute approximate surface area is 116 Å². The number of thiophene rings is 1. The first-order valence-corrected chi connectivity index (χ1v) is 7.41. The van der Waals surface area contributed by atoms with Gasteiger partial charge in [0.15, 0.2) is 0 Å². The Bertz CT molecular complexity index is 470. The van der Waals surface area contributed by atoms with Crippen molar-refractivity contribution in [2.45, 2.75) is 19.8 Å². The van der Waals surface area contributed by atoms with Gasteiger partial charge in [0.05, 0.1) is 11.5 Å². The highest BCUT2D eigenvalue weighted by atomic mass is 32.1. The quantitative estimate of drug-likeness (QED) is 0.802. The van der Waals surface area contributed by atoms with Crippen LogP contribution >= 0.6 is 11.3 Å². The van der Waals surface area contributed by atoms with Crippen molar-refractivity contribution in [2.24, 2.45) is 0 Å². The fraction of sp³-hybridized carbons (Fsp3) is 0.538. The summed E-state index contributed by atoms with van der Waals surface area (Å²) in [5, 5.41) is 14.9. The molecule has 0 spiro atoms. The van der Waals surface area contributed by atoms with Gasteiger partial charge in [-0.3, -0.25) is 0 Å². The molecule has 0 aliphatic heterocycles. The number of aliphatic hydroxyl groups excluding tert-OH is 1. The zero-order chi connectivity index (χ0) is 13.5. The van der Waals surface area contributed by atoms with Crippen LogP contribution < -0.4 is 0 Å². The van der Waals surface area contributed by atoms with Crippen LogP contribution in [0.5, 0.6) is 0 Å². The Morgan fingerprint density at radius 1 is 1.42 bits per heavy atom. The number of likely N-dealkylation sites (N-methyl/N-ethyl adjacent to an activating group) is 1. The van der Waals surface area contributed by atoms with Crippen LogP contribution in [0.15, 0.2) is 22.0 Å². The number of aliphatic hydroxyl groups is 1. The first-order chi connectivity index (χ1) is 9.33. The first-order valence-electron chi connectivity index (χ1n) is 6.53. The highest BCUT2D eigenvalue weighted by Crippen LogP contribution is 2.21. The van der Waals surface area contributed by atoms with E-state index >= 15 is 0 Å². The lowest BCUT2D eigenvalue weighted by molar-refractivity contribution is 0.199. The molecule has 0 atom stereocenters. The van der Waals surface area contributed by atoms with Crippen LogP contribution in [-0.2, 0) is 6.42 Å². The van der Waals surface area contributed by atoms with Gasteiger partial charge in [0, 0.05) is 13.0 Å². The summed E-state index contributed by atoms with van der Waals surface area (Å²) in [4.78, 5) is 7.62. The number of aromatic nitrogens is 2. The lowest BCUT2D eigenvalue weighted by Gasteiger charge is -2.17. The molecule has 6 heteroatoms. The number of hydrogen-bond donors (Lipinski definition) is 1. The molecule has 0 radical (unpaired) electrons. The molecule has 0 aliphatic carbocycles. The molecule has 0 aromatic carbocycles. The normalized spacial score (nSPS) is 11.3. The third kappa shape index (κ3) is 4.12. The predicted molar refractivity (Wildman–Crippen MR) is 75.1 cm³/mol. The summed E-state index contributed by atoms with van der Waals surface area (Å²) in [6, 6.07) is 3.96. The molecule has 1 N–H and O–H groups in total. The number of aryl methyl sites for hydroxylation is 1. The third-order valence-electron chi connectivity index (χ3n) is 2.94. The van der Waals surface area contributed by atoms with Gasteiger partial charge in [0.1, 0.15) is 0 Å². The van der Waals surface area contributed by atoms with Gasteiger partial charge >= 0.3 is 0 Å². The van der Waals surface area contributed by atoms with E-state index in [9.17, 15) is 0 Å². The summed E-state index contributed by atoms with van der Waals surface area (Å²) in [5.74, 6) is 1.36. The Kier molecular flexibility index (Phi) is 5.50. The summed E-state index contributed by atoms with van der Waals surface area (Å²) in [6.07, 6.45) is 1.74. The SMILES string of the molecule is CCN(CCO)CCCc1nc(-c2cccs2)no1. The van der Waals surface area contributed by atoms with Crippen molar-refractivity contribution in [3.05, 3.63) is 23.4 Å². The highest BCUT2D eigenvalue weighted by molar-refractivity contribution is 7.13. The van der Waals surface area contributed by atoms with E-state index in [2.05, 4.69) is 22.0 Å². The molecular weight excluding hydrogens is 262 g/mol. The van der Waals surface area contributed by atoms with Gasteiger partial charge in [-0.1, -0.05) is 18.1 Å². The maximum atomic E-state index is 8.91. The van der Waals surface area contributed by atoms with Crippen molar-refractivity contribution < 1.29 is 9.63 Å². The van der Waals surface area contributed by atoms with E-state index in [1.165, 1.54) is 0 Å². The van der Waals surface area contributed by atoms with E-state index < -0.39 is 0 Å².